The third kappa shape index (κ3) is 2.96. The standard InChI is InChI=1S/C13H19IN2/c1-13(9-15)6-7-16(10-13)8-11-2-4-12(14)5-3-11/h2-5H,6-10,15H2,1H3. The van der Waals surface area contributed by atoms with Gasteiger partial charge in [0.15, 0.2) is 0 Å². The molecular weight excluding hydrogens is 311 g/mol. The number of benzene rings is 1. The second-order valence-electron chi connectivity index (χ2n) is 5.10. The third-order valence-electron chi connectivity index (χ3n) is 3.45. The molecule has 0 saturated carbocycles. The van der Waals surface area contributed by atoms with Crippen molar-refractivity contribution in [1.29, 1.82) is 0 Å². The van der Waals surface area contributed by atoms with Gasteiger partial charge in [-0.15, -0.1) is 0 Å². The van der Waals surface area contributed by atoms with Gasteiger partial charge in [0.2, 0.25) is 0 Å². The zero-order valence-electron chi connectivity index (χ0n) is 9.75. The number of nitrogens with zero attached hydrogens (tertiary/aromatic N) is 1. The fraction of sp³-hybridized carbons (Fsp3) is 0.538. The van der Waals surface area contributed by atoms with Gasteiger partial charge in [-0.1, -0.05) is 19.1 Å². The van der Waals surface area contributed by atoms with Crippen LogP contribution in [0.4, 0.5) is 0 Å². The summed E-state index contributed by atoms with van der Waals surface area (Å²) in [6.07, 6.45) is 1.23. The van der Waals surface area contributed by atoms with E-state index < -0.39 is 0 Å². The molecule has 1 unspecified atom stereocenters. The SMILES string of the molecule is CC1(CN)CCN(Cc2ccc(I)cc2)C1. The van der Waals surface area contributed by atoms with Gasteiger partial charge >= 0.3 is 0 Å². The summed E-state index contributed by atoms with van der Waals surface area (Å²) in [5.41, 5.74) is 7.56. The molecule has 16 heavy (non-hydrogen) atoms. The first kappa shape index (κ1) is 12.3. The molecule has 0 spiro atoms. The van der Waals surface area contributed by atoms with Crippen LogP contribution in [0.2, 0.25) is 0 Å². The Morgan fingerprint density at radius 1 is 1.38 bits per heavy atom. The van der Waals surface area contributed by atoms with Crippen molar-refractivity contribution < 1.29 is 0 Å². The molecule has 2 N–H and O–H groups in total. The zero-order valence-corrected chi connectivity index (χ0v) is 11.9. The first-order valence-corrected chi connectivity index (χ1v) is 6.86. The molecule has 2 nitrogen and oxygen atoms in total. The summed E-state index contributed by atoms with van der Waals surface area (Å²) in [7, 11) is 0. The largest absolute Gasteiger partial charge is 0.330 e. The summed E-state index contributed by atoms with van der Waals surface area (Å²) in [6, 6.07) is 8.79. The van der Waals surface area contributed by atoms with Crippen LogP contribution in [0.1, 0.15) is 18.9 Å². The van der Waals surface area contributed by atoms with Crippen LogP contribution in [0.5, 0.6) is 0 Å². The number of rotatable bonds is 3. The predicted molar refractivity (Wildman–Crippen MR) is 76.2 cm³/mol. The molecule has 1 atom stereocenters. The normalized spacial score (nSPS) is 26.2. The van der Waals surface area contributed by atoms with Gasteiger partial charge in [0.1, 0.15) is 0 Å². The van der Waals surface area contributed by atoms with Gasteiger partial charge in [-0.25, -0.2) is 0 Å². The molecule has 1 saturated heterocycles. The van der Waals surface area contributed by atoms with E-state index >= 15 is 0 Å². The Kier molecular flexibility index (Phi) is 3.87. The van der Waals surface area contributed by atoms with Gasteiger partial charge < -0.3 is 5.73 Å². The summed E-state index contributed by atoms with van der Waals surface area (Å²) < 4.78 is 1.30. The van der Waals surface area contributed by atoms with E-state index in [4.69, 9.17) is 5.73 Å². The predicted octanol–water partition coefficient (Wildman–Crippen LogP) is 2.46. The van der Waals surface area contributed by atoms with Crippen molar-refractivity contribution in [2.45, 2.75) is 19.9 Å². The highest BCUT2D eigenvalue weighted by atomic mass is 127. The minimum Gasteiger partial charge on any atom is -0.330 e. The summed E-state index contributed by atoms with van der Waals surface area (Å²) in [4.78, 5) is 2.51. The minimum absolute atomic E-state index is 0.337. The molecular formula is C13H19IN2. The Morgan fingerprint density at radius 3 is 2.62 bits per heavy atom. The molecule has 1 aromatic rings. The van der Waals surface area contributed by atoms with Crippen LogP contribution in [0.3, 0.4) is 0 Å². The van der Waals surface area contributed by atoms with Gasteiger partial charge in [-0.05, 0) is 65.2 Å². The molecule has 1 aliphatic rings. The van der Waals surface area contributed by atoms with Gasteiger partial charge in [0, 0.05) is 16.7 Å². The topological polar surface area (TPSA) is 29.3 Å². The first-order valence-electron chi connectivity index (χ1n) is 5.78. The van der Waals surface area contributed by atoms with E-state index in [0.29, 0.717) is 5.41 Å². The fourth-order valence-electron chi connectivity index (χ4n) is 2.28. The Labute approximate surface area is 111 Å². The number of halogens is 1. The third-order valence-corrected chi connectivity index (χ3v) is 4.17. The van der Waals surface area contributed by atoms with Crippen LogP contribution in [0, 0.1) is 8.99 Å². The Bertz CT molecular complexity index is 349. The van der Waals surface area contributed by atoms with Crippen LogP contribution >= 0.6 is 22.6 Å². The minimum atomic E-state index is 0.337. The summed E-state index contributed by atoms with van der Waals surface area (Å²) >= 11 is 2.34. The van der Waals surface area contributed by atoms with Crippen molar-refractivity contribution in [3.63, 3.8) is 0 Å². The van der Waals surface area contributed by atoms with Gasteiger partial charge in [0.25, 0.3) is 0 Å². The molecule has 0 radical (unpaired) electrons. The van der Waals surface area contributed by atoms with Crippen molar-refractivity contribution >= 4 is 22.6 Å². The van der Waals surface area contributed by atoms with Crippen LogP contribution in [0.25, 0.3) is 0 Å². The summed E-state index contributed by atoms with van der Waals surface area (Å²) in [6.45, 7) is 6.47. The maximum absolute atomic E-state index is 5.82. The van der Waals surface area contributed by atoms with Gasteiger partial charge in [-0.2, -0.15) is 0 Å². The second kappa shape index (κ2) is 5.02. The molecule has 0 amide bonds. The molecule has 0 bridgehead atoms. The molecule has 1 aliphatic heterocycles. The average Bonchev–Trinajstić information content (AvgIpc) is 2.65. The Morgan fingerprint density at radius 2 is 2.06 bits per heavy atom. The van der Waals surface area contributed by atoms with Crippen LogP contribution in [-0.4, -0.2) is 24.5 Å². The van der Waals surface area contributed by atoms with Crippen molar-refractivity contribution in [2.75, 3.05) is 19.6 Å². The van der Waals surface area contributed by atoms with Crippen molar-refractivity contribution in [3.8, 4) is 0 Å². The molecule has 1 aromatic carbocycles. The maximum Gasteiger partial charge on any atom is 0.0233 e. The lowest BCUT2D eigenvalue weighted by molar-refractivity contribution is 0.274. The molecule has 3 heteroatoms. The van der Waals surface area contributed by atoms with Crippen molar-refractivity contribution in [3.05, 3.63) is 33.4 Å². The van der Waals surface area contributed by atoms with Gasteiger partial charge in [-0.3, -0.25) is 4.90 Å². The summed E-state index contributed by atoms with van der Waals surface area (Å²) in [5.74, 6) is 0. The maximum atomic E-state index is 5.82. The molecule has 0 aromatic heterocycles. The van der Waals surface area contributed by atoms with Crippen LogP contribution in [-0.2, 0) is 6.54 Å². The van der Waals surface area contributed by atoms with E-state index in [1.54, 1.807) is 0 Å². The lowest BCUT2D eigenvalue weighted by Gasteiger charge is -2.22. The smallest absolute Gasteiger partial charge is 0.0233 e. The summed E-state index contributed by atoms with van der Waals surface area (Å²) in [5, 5.41) is 0. The van der Waals surface area contributed by atoms with E-state index in [9.17, 15) is 0 Å². The number of hydrogen-bond acceptors (Lipinski definition) is 2. The quantitative estimate of drug-likeness (QED) is 0.863. The highest BCUT2D eigenvalue weighted by Crippen LogP contribution is 2.29. The molecule has 1 fully saturated rings. The molecule has 88 valence electrons. The molecule has 0 aliphatic carbocycles. The van der Waals surface area contributed by atoms with E-state index in [1.165, 1.54) is 22.1 Å². The highest BCUT2D eigenvalue weighted by Gasteiger charge is 2.32. The van der Waals surface area contributed by atoms with E-state index in [0.717, 1.165) is 19.6 Å². The number of likely N-dealkylation sites (tertiary alicyclic amines) is 1. The fourth-order valence-corrected chi connectivity index (χ4v) is 2.64. The lowest BCUT2D eigenvalue weighted by Crippen LogP contribution is -2.31. The van der Waals surface area contributed by atoms with Gasteiger partial charge in [0.05, 0.1) is 0 Å². The molecule has 1 heterocycles. The lowest BCUT2D eigenvalue weighted by atomic mass is 9.90. The Hall–Kier alpha value is -0.130. The monoisotopic (exact) mass is 330 g/mol. The number of hydrogen-bond donors (Lipinski definition) is 1. The van der Waals surface area contributed by atoms with E-state index in [1.807, 2.05) is 0 Å². The van der Waals surface area contributed by atoms with Crippen molar-refractivity contribution in [1.82, 2.24) is 4.90 Å². The van der Waals surface area contributed by atoms with E-state index in [2.05, 4.69) is 58.7 Å². The van der Waals surface area contributed by atoms with Crippen LogP contribution < -0.4 is 5.73 Å². The zero-order chi connectivity index (χ0) is 11.6. The van der Waals surface area contributed by atoms with Crippen molar-refractivity contribution in [2.24, 2.45) is 11.1 Å². The Balaban J connectivity index is 1.94. The number of nitrogens with two attached hydrogens (primary N) is 1. The second-order valence-corrected chi connectivity index (χ2v) is 6.35. The first-order chi connectivity index (χ1) is 7.61. The molecule has 2 rings (SSSR count). The average molecular weight is 330 g/mol. The van der Waals surface area contributed by atoms with Crippen LogP contribution in [0.15, 0.2) is 24.3 Å². The van der Waals surface area contributed by atoms with E-state index in [-0.39, 0.29) is 0 Å². The highest BCUT2D eigenvalue weighted by molar-refractivity contribution is 14.1.